The van der Waals surface area contributed by atoms with Crippen molar-refractivity contribution >= 4 is 10.8 Å². The van der Waals surface area contributed by atoms with Gasteiger partial charge in [0.25, 0.3) is 0 Å². The Labute approximate surface area is 142 Å². The molecular formula is C21H22O3. The third-order valence-electron chi connectivity index (χ3n) is 4.28. The topological polar surface area (TPSA) is 27.7 Å². The van der Waals surface area contributed by atoms with E-state index in [9.17, 15) is 0 Å². The highest BCUT2D eigenvalue weighted by Crippen LogP contribution is 2.40. The van der Waals surface area contributed by atoms with E-state index >= 15 is 0 Å². The fourth-order valence-electron chi connectivity index (χ4n) is 3.03. The molecule has 0 N–H and O–H groups in total. The van der Waals surface area contributed by atoms with Gasteiger partial charge >= 0.3 is 0 Å². The summed E-state index contributed by atoms with van der Waals surface area (Å²) in [6.07, 6.45) is 1.82. The number of ether oxygens (including phenoxy) is 3. The molecule has 3 heteroatoms. The van der Waals surface area contributed by atoms with Crippen LogP contribution in [0.1, 0.15) is 11.1 Å². The van der Waals surface area contributed by atoms with Gasteiger partial charge in [0.2, 0.25) is 5.75 Å². The molecule has 0 radical (unpaired) electrons. The van der Waals surface area contributed by atoms with E-state index in [0.717, 1.165) is 24.2 Å². The lowest BCUT2D eigenvalue weighted by Crippen LogP contribution is -2.00. The SMILES string of the molecule is COc1ccc(CCc2ccc3ccccc3c2)c(OC)c1OC. The molecule has 0 bridgehead atoms. The van der Waals surface area contributed by atoms with Crippen LogP contribution in [0.3, 0.4) is 0 Å². The van der Waals surface area contributed by atoms with Crippen LogP contribution >= 0.6 is 0 Å². The quantitative estimate of drug-likeness (QED) is 0.661. The highest BCUT2D eigenvalue weighted by Gasteiger charge is 2.15. The van der Waals surface area contributed by atoms with Crippen molar-refractivity contribution in [1.82, 2.24) is 0 Å². The molecule has 0 saturated heterocycles. The average Bonchev–Trinajstić information content (AvgIpc) is 2.65. The van der Waals surface area contributed by atoms with E-state index in [2.05, 4.69) is 42.5 Å². The van der Waals surface area contributed by atoms with Crippen LogP contribution < -0.4 is 14.2 Å². The molecule has 3 aromatic rings. The summed E-state index contributed by atoms with van der Waals surface area (Å²) >= 11 is 0. The van der Waals surface area contributed by atoms with Gasteiger partial charge in [-0.2, -0.15) is 0 Å². The lowest BCUT2D eigenvalue weighted by atomic mass is 10.0. The molecule has 3 aromatic carbocycles. The summed E-state index contributed by atoms with van der Waals surface area (Å²) < 4.78 is 16.4. The molecule has 0 aliphatic rings. The van der Waals surface area contributed by atoms with Crippen LogP contribution in [-0.4, -0.2) is 21.3 Å². The lowest BCUT2D eigenvalue weighted by molar-refractivity contribution is 0.322. The Morgan fingerprint density at radius 3 is 2.12 bits per heavy atom. The zero-order valence-corrected chi connectivity index (χ0v) is 14.3. The highest BCUT2D eigenvalue weighted by molar-refractivity contribution is 5.83. The normalized spacial score (nSPS) is 10.6. The van der Waals surface area contributed by atoms with E-state index in [1.54, 1.807) is 21.3 Å². The Bertz CT molecular complexity index is 840. The number of fused-ring (bicyclic) bond motifs is 1. The second-order valence-corrected chi connectivity index (χ2v) is 5.67. The van der Waals surface area contributed by atoms with E-state index in [-0.39, 0.29) is 0 Å². The minimum Gasteiger partial charge on any atom is -0.493 e. The first-order valence-corrected chi connectivity index (χ1v) is 8.02. The van der Waals surface area contributed by atoms with Gasteiger partial charge in [0.1, 0.15) is 0 Å². The van der Waals surface area contributed by atoms with Crippen LogP contribution in [0.15, 0.2) is 54.6 Å². The molecule has 0 atom stereocenters. The predicted molar refractivity (Wildman–Crippen MR) is 97.5 cm³/mol. The number of hydrogen-bond donors (Lipinski definition) is 0. The smallest absolute Gasteiger partial charge is 0.203 e. The Balaban J connectivity index is 1.85. The van der Waals surface area contributed by atoms with Gasteiger partial charge < -0.3 is 14.2 Å². The summed E-state index contributed by atoms with van der Waals surface area (Å²) in [6.45, 7) is 0. The maximum Gasteiger partial charge on any atom is 0.203 e. The third-order valence-corrected chi connectivity index (χ3v) is 4.28. The lowest BCUT2D eigenvalue weighted by Gasteiger charge is -2.15. The van der Waals surface area contributed by atoms with Crippen LogP contribution in [-0.2, 0) is 12.8 Å². The van der Waals surface area contributed by atoms with Crippen molar-refractivity contribution in [3.8, 4) is 17.2 Å². The molecule has 0 fully saturated rings. The number of hydrogen-bond acceptors (Lipinski definition) is 3. The van der Waals surface area contributed by atoms with Crippen LogP contribution in [0.4, 0.5) is 0 Å². The summed E-state index contributed by atoms with van der Waals surface area (Å²) in [5.74, 6) is 2.08. The highest BCUT2D eigenvalue weighted by atomic mass is 16.5. The van der Waals surface area contributed by atoms with Crippen molar-refractivity contribution in [3.63, 3.8) is 0 Å². The standard InChI is InChI=1S/C21H22O3/c1-22-19-13-12-17(20(23-2)21(19)24-3)11-9-15-8-10-16-6-4-5-7-18(16)14-15/h4-8,10,12-14H,9,11H2,1-3H3. The van der Waals surface area contributed by atoms with E-state index in [1.807, 2.05) is 12.1 Å². The van der Waals surface area contributed by atoms with Gasteiger partial charge in [-0.3, -0.25) is 0 Å². The summed E-state index contributed by atoms with van der Waals surface area (Å²) in [6, 6.07) is 19.0. The first-order valence-electron chi connectivity index (χ1n) is 8.02. The summed E-state index contributed by atoms with van der Waals surface area (Å²) in [7, 11) is 4.93. The van der Waals surface area contributed by atoms with Crippen LogP contribution in [0, 0.1) is 0 Å². The molecule has 0 aliphatic heterocycles. The van der Waals surface area contributed by atoms with Crippen LogP contribution in [0.25, 0.3) is 10.8 Å². The summed E-state index contributed by atoms with van der Waals surface area (Å²) in [5.41, 5.74) is 2.42. The van der Waals surface area contributed by atoms with Gasteiger partial charge in [0, 0.05) is 0 Å². The molecule has 3 nitrogen and oxygen atoms in total. The Morgan fingerprint density at radius 2 is 1.42 bits per heavy atom. The molecular weight excluding hydrogens is 300 g/mol. The van der Waals surface area contributed by atoms with Crippen molar-refractivity contribution in [3.05, 3.63) is 65.7 Å². The van der Waals surface area contributed by atoms with Crippen LogP contribution in [0.5, 0.6) is 17.2 Å². The molecule has 0 amide bonds. The maximum absolute atomic E-state index is 5.56. The van der Waals surface area contributed by atoms with E-state index in [0.29, 0.717) is 11.5 Å². The summed E-state index contributed by atoms with van der Waals surface area (Å²) in [5, 5.41) is 2.54. The summed E-state index contributed by atoms with van der Waals surface area (Å²) in [4.78, 5) is 0. The third kappa shape index (κ3) is 3.16. The zero-order chi connectivity index (χ0) is 16.9. The first-order chi connectivity index (χ1) is 11.8. The Hall–Kier alpha value is -2.68. The van der Waals surface area contributed by atoms with Crippen molar-refractivity contribution in [2.24, 2.45) is 0 Å². The van der Waals surface area contributed by atoms with Gasteiger partial charge in [-0.05, 0) is 40.8 Å². The van der Waals surface area contributed by atoms with Gasteiger partial charge in [-0.15, -0.1) is 0 Å². The van der Waals surface area contributed by atoms with E-state index in [4.69, 9.17) is 14.2 Å². The molecule has 0 aromatic heterocycles. The fourth-order valence-corrected chi connectivity index (χ4v) is 3.03. The predicted octanol–water partition coefficient (Wildman–Crippen LogP) is 4.65. The molecule has 0 heterocycles. The largest absolute Gasteiger partial charge is 0.493 e. The van der Waals surface area contributed by atoms with Gasteiger partial charge in [0.05, 0.1) is 21.3 Å². The zero-order valence-electron chi connectivity index (χ0n) is 14.3. The first kappa shape index (κ1) is 16.2. The molecule has 3 rings (SSSR count). The van der Waals surface area contributed by atoms with Gasteiger partial charge in [-0.25, -0.2) is 0 Å². The number of benzene rings is 3. The molecule has 24 heavy (non-hydrogen) atoms. The Kier molecular flexibility index (Phi) is 4.90. The minimum atomic E-state index is 0.649. The fraction of sp³-hybridized carbons (Fsp3) is 0.238. The second-order valence-electron chi connectivity index (χ2n) is 5.67. The minimum absolute atomic E-state index is 0.649. The van der Waals surface area contributed by atoms with Crippen LogP contribution in [0.2, 0.25) is 0 Å². The van der Waals surface area contributed by atoms with Crippen molar-refractivity contribution < 1.29 is 14.2 Å². The Morgan fingerprint density at radius 1 is 0.667 bits per heavy atom. The van der Waals surface area contributed by atoms with Gasteiger partial charge in [0.15, 0.2) is 11.5 Å². The second kappa shape index (κ2) is 7.26. The average molecular weight is 322 g/mol. The van der Waals surface area contributed by atoms with E-state index < -0.39 is 0 Å². The monoisotopic (exact) mass is 322 g/mol. The number of aryl methyl sites for hydroxylation is 2. The van der Waals surface area contributed by atoms with Gasteiger partial charge in [-0.1, -0.05) is 48.5 Å². The number of methoxy groups -OCH3 is 3. The molecule has 0 saturated carbocycles. The molecule has 0 unspecified atom stereocenters. The maximum atomic E-state index is 5.56. The van der Waals surface area contributed by atoms with E-state index in [1.165, 1.54) is 16.3 Å². The van der Waals surface area contributed by atoms with Crippen molar-refractivity contribution in [2.75, 3.05) is 21.3 Å². The molecule has 0 spiro atoms. The number of rotatable bonds is 6. The van der Waals surface area contributed by atoms with Crippen molar-refractivity contribution in [1.29, 1.82) is 0 Å². The van der Waals surface area contributed by atoms with Crippen molar-refractivity contribution in [2.45, 2.75) is 12.8 Å². The molecule has 0 aliphatic carbocycles. The molecule has 124 valence electrons.